The van der Waals surface area contributed by atoms with Crippen LogP contribution in [0.15, 0.2) is 42.5 Å². The quantitative estimate of drug-likeness (QED) is 0.856. The maximum Gasteiger partial charge on any atom is 0.226 e. The molecular weight excluding hydrogens is 312 g/mol. The molecule has 0 fully saturated rings. The third-order valence-electron chi connectivity index (χ3n) is 4.29. The van der Waals surface area contributed by atoms with Crippen molar-refractivity contribution >= 4 is 23.2 Å². The Balaban J connectivity index is 2.05. The molecule has 0 unspecified atom stereocenters. The van der Waals surface area contributed by atoms with E-state index in [9.17, 15) is 9.59 Å². The molecule has 0 atom stereocenters. The SMILES string of the molecule is CCc1cccc(C)c1NC(=O)CCN(C(C)=O)c1ccc(C)cc1. The number of nitrogens with zero attached hydrogens (tertiary/aromatic N) is 1. The average Bonchev–Trinajstić information content (AvgIpc) is 2.58. The van der Waals surface area contributed by atoms with Crippen LogP contribution in [0.1, 0.15) is 37.0 Å². The summed E-state index contributed by atoms with van der Waals surface area (Å²) < 4.78 is 0. The van der Waals surface area contributed by atoms with Crippen molar-refractivity contribution in [2.45, 2.75) is 40.5 Å². The van der Waals surface area contributed by atoms with Gasteiger partial charge in [-0.2, -0.15) is 0 Å². The lowest BCUT2D eigenvalue weighted by Crippen LogP contribution is -2.32. The number of carbonyl (C=O) groups is 2. The summed E-state index contributed by atoms with van der Waals surface area (Å²) >= 11 is 0. The highest BCUT2D eigenvalue weighted by Crippen LogP contribution is 2.21. The highest BCUT2D eigenvalue weighted by molar-refractivity contribution is 5.95. The Kier molecular flexibility index (Phi) is 6.34. The summed E-state index contributed by atoms with van der Waals surface area (Å²) in [6.07, 6.45) is 1.12. The second kappa shape index (κ2) is 8.47. The molecule has 2 aromatic carbocycles. The Morgan fingerprint density at radius 3 is 2.32 bits per heavy atom. The molecule has 0 aliphatic heterocycles. The van der Waals surface area contributed by atoms with E-state index in [2.05, 4.69) is 12.2 Å². The molecule has 2 rings (SSSR count). The number of anilines is 2. The van der Waals surface area contributed by atoms with E-state index in [0.29, 0.717) is 6.54 Å². The highest BCUT2D eigenvalue weighted by atomic mass is 16.2. The Bertz CT molecular complexity index is 751. The van der Waals surface area contributed by atoms with Crippen molar-refractivity contribution in [1.29, 1.82) is 0 Å². The van der Waals surface area contributed by atoms with Gasteiger partial charge in [-0.3, -0.25) is 9.59 Å². The first kappa shape index (κ1) is 18.7. The van der Waals surface area contributed by atoms with E-state index in [0.717, 1.165) is 34.5 Å². The molecule has 0 spiro atoms. The van der Waals surface area contributed by atoms with E-state index in [1.165, 1.54) is 6.92 Å². The molecule has 1 N–H and O–H groups in total. The van der Waals surface area contributed by atoms with Crippen LogP contribution in [0.2, 0.25) is 0 Å². The van der Waals surface area contributed by atoms with Crippen molar-refractivity contribution in [2.24, 2.45) is 0 Å². The number of amides is 2. The molecule has 0 saturated heterocycles. The van der Waals surface area contributed by atoms with E-state index in [-0.39, 0.29) is 18.2 Å². The topological polar surface area (TPSA) is 49.4 Å². The summed E-state index contributed by atoms with van der Waals surface area (Å²) in [6.45, 7) is 7.94. The summed E-state index contributed by atoms with van der Waals surface area (Å²) in [7, 11) is 0. The Morgan fingerprint density at radius 2 is 1.72 bits per heavy atom. The van der Waals surface area contributed by atoms with Crippen LogP contribution in [-0.4, -0.2) is 18.4 Å². The number of rotatable bonds is 6. The van der Waals surface area contributed by atoms with Gasteiger partial charge >= 0.3 is 0 Å². The zero-order valence-corrected chi connectivity index (χ0v) is 15.4. The lowest BCUT2D eigenvalue weighted by Gasteiger charge is -2.21. The highest BCUT2D eigenvalue weighted by Gasteiger charge is 2.14. The fraction of sp³-hybridized carbons (Fsp3) is 0.333. The number of hydrogen-bond acceptors (Lipinski definition) is 2. The molecule has 25 heavy (non-hydrogen) atoms. The standard InChI is InChI=1S/C21H26N2O2/c1-5-18-8-6-7-16(3)21(18)22-20(25)13-14-23(17(4)24)19-11-9-15(2)10-12-19/h6-12H,5,13-14H2,1-4H3,(H,22,25). The van der Waals surface area contributed by atoms with E-state index in [4.69, 9.17) is 0 Å². The molecule has 132 valence electrons. The Morgan fingerprint density at radius 1 is 1.04 bits per heavy atom. The largest absolute Gasteiger partial charge is 0.326 e. The minimum Gasteiger partial charge on any atom is -0.326 e. The van der Waals surface area contributed by atoms with Gasteiger partial charge in [-0.15, -0.1) is 0 Å². The van der Waals surface area contributed by atoms with Gasteiger partial charge in [0, 0.05) is 31.3 Å². The molecule has 0 heterocycles. The monoisotopic (exact) mass is 338 g/mol. The molecule has 4 nitrogen and oxygen atoms in total. The van der Waals surface area contributed by atoms with Crippen molar-refractivity contribution in [3.8, 4) is 0 Å². The minimum absolute atomic E-state index is 0.0678. The molecule has 2 amide bonds. The second-order valence-electron chi connectivity index (χ2n) is 6.27. The summed E-state index contributed by atoms with van der Waals surface area (Å²) in [5.74, 6) is -0.149. The van der Waals surface area contributed by atoms with Gasteiger partial charge in [-0.05, 0) is 43.5 Å². The number of para-hydroxylation sites is 1. The smallest absolute Gasteiger partial charge is 0.226 e. The van der Waals surface area contributed by atoms with Crippen LogP contribution in [0.25, 0.3) is 0 Å². The van der Waals surface area contributed by atoms with Crippen LogP contribution in [0.5, 0.6) is 0 Å². The van der Waals surface area contributed by atoms with E-state index >= 15 is 0 Å². The third-order valence-corrected chi connectivity index (χ3v) is 4.29. The van der Waals surface area contributed by atoms with Crippen LogP contribution in [-0.2, 0) is 16.0 Å². The molecular formula is C21H26N2O2. The molecule has 0 bridgehead atoms. The second-order valence-corrected chi connectivity index (χ2v) is 6.27. The van der Waals surface area contributed by atoms with Crippen molar-refractivity contribution in [3.05, 3.63) is 59.2 Å². The van der Waals surface area contributed by atoms with Gasteiger partial charge in [0.05, 0.1) is 0 Å². The fourth-order valence-electron chi connectivity index (χ4n) is 2.81. The van der Waals surface area contributed by atoms with E-state index in [1.807, 2.05) is 56.3 Å². The minimum atomic E-state index is -0.0811. The first-order chi connectivity index (χ1) is 11.9. The maximum absolute atomic E-state index is 12.4. The zero-order valence-electron chi connectivity index (χ0n) is 15.4. The van der Waals surface area contributed by atoms with Gasteiger partial charge < -0.3 is 10.2 Å². The van der Waals surface area contributed by atoms with Crippen LogP contribution in [0.4, 0.5) is 11.4 Å². The summed E-state index contributed by atoms with van der Waals surface area (Å²) in [6, 6.07) is 13.8. The number of benzene rings is 2. The van der Waals surface area contributed by atoms with E-state index in [1.54, 1.807) is 4.90 Å². The first-order valence-corrected chi connectivity index (χ1v) is 8.65. The number of carbonyl (C=O) groups excluding carboxylic acids is 2. The van der Waals surface area contributed by atoms with Crippen LogP contribution in [0, 0.1) is 13.8 Å². The molecule has 4 heteroatoms. The van der Waals surface area contributed by atoms with Crippen molar-refractivity contribution < 1.29 is 9.59 Å². The van der Waals surface area contributed by atoms with Gasteiger partial charge in [0.2, 0.25) is 11.8 Å². The van der Waals surface area contributed by atoms with E-state index < -0.39 is 0 Å². The Hall–Kier alpha value is -2.62. The predicted octanol–water partition coefficient (Wildman–Crippen LogP) is 4.25. The Labute approximate surface area is 149 Å². The summed E-state index contributed by atoms with van der Waals surface area (Å²) in [4.78, 5) is 26.0. The number of hydrogen-bond donors (Lipinski definition) is 1. The van der Waals surface area contributed by atoms with Crippen LogP contribution in [0.3, 0.4) is 0 Å². The van der Waals surface area contributed by atoms with Gasteiger partial charge in [0.15, 0.2) is 0 Å². The molecule has 0 aromatic heterocycles. The third kappa shape index (κ3) is 4.92. The van der Waals surface area contributed by atoms with Crippen molar-refractivity contribution in [2.75, 3.05) is 16.8 Å². The molecule has 0 aliphatic rings. The molecule has 0 radical (unpaired) electrons. The summed E-state index contributed by atoms with van der Waals surface area (Å²) in [5, 5.41) is 3.01. The van der Waals surface area contributed by atoms with Crippen molar-refractivity contribution in [1.82, 2.24) is 0 Å². The van der Waals surface area contributed by atoms with Crippen LogP contribution < -0.4 is 10.2 Å². The van der Waals surface area contributed by atoms with Gasteiger partial charge in [-0.1, -0.05) is 42.8 Å². The molecule has 2 aromatic rings. The molecule has 0 aliphatic carbocycles. The number of nitrogens with one attached hydrogen (secondary N) is 1. The van der Waals surface area contributed by atoms with Crippen LogP contribution >= 0.6 is 0 Å². The normalized spacial score (nSPS) is 10.4. The predicted molar refractivity (Wildman–Crippen MR) is 103 cm³/mol. The van der Waals surface area contributed by atoms with Gasteiger partial charge in [-0.25, -0.2) is 0 Å². The summed E-state index contributed by atoms with van der Waals surface area (Å²) in [5.41, 5.74) is 5.01. The lowest BCUT2D eigenvalue weighted by molar-refractivity contribution is -0.117. The average molecular weight is 338 g/mol. The lowest BCUT2D eigenvalue weighted by atomic mass is 10.1. The maximum atomic E-state index is 12.4. The molecule has 0 saturated carbocycles. The fourth-order valence-corrected chi connectivity index (χ4v) is 2.81. The number of aryl methyl sites for hydroxylation is 3. The zero-order chi connectivity index (χ0) is 18.4. The first-order valence-electron chi connectivity index (χ1n) is 8.65. The van der Waals surface area contributed by atoms with Gasteiger partial charge in [0.1, 0.15) is 0 Å². The van der Waals surface area contributed by atoms with Gasteiger partial charge in [0.25, 0.3) is 0 Å². The van der Waals surface area contributed by atoms with Crippen molar-refractivity contribution in [3.63, 3.8) is 0 Å².